The average molecular weight is 523 g/mol. The van der Waals surface area contributed by atoms with E-state index in [1.54, 1.807) is 13.8 Å². The molecule has 0 saturated carbocycles. The van der Waals surface area contributed by atoms with E-state index in [1.165, 1.54) is 7.05 Å². The molecule has 0 aromatic rings. The van der Waals surface area contributed by atoms with Gasteiger partial charge in [0.05, 0.1) is 12.6 Å². The number of amides is 5. The number of guanidine groups is 1. The van der Waals surface area contributed by atoms with Crippen molar-refractivity contribution in [3.05, 3.63) is 0 Å². The molecule has 16 nitrogen and oxygen atoms in total. The van der Waals surface area contributed by atoms with E-state index in [1.807, 2.05) is 0 Å². The summed E-state index contributed by atoms with van der Waals surface area (Å²) in [6.07, 6.45) is -1.55. The zero-order valence-corrected chi connectivity index (χ0v) is 20.5. The van der Waals surface area contributed by atoms with Gasteiger partial charge in [-0.3, -0.25) is 23.9 Å². The quantitative estimate of drug-likeness (QED) is 0.0695. The van der Waals surface area contributed by atoms with Crippen LogP contribution in [0.3, 0.4) is 0 Å². The van der Waals surface area contributed by atoms with E-state index in [2.05, 4.69) is 26.3 Å². The minimum absolute atomic E-state index is 0.0980. The number of aliphatic hydroxyl groups excluding tert-OH is 1. The lowest BCUT2D eigenvalue weighted by Crippen LogP contribution is -2.62. The summed E-state index contributed by atoms with van der Waals surface area (Å²) in [7, 11) is -3.41. The number of hydrogen-bond acceptors (Lipinski definition) is 8. The van der Waals surface area contributed by atoms with E-state index in [0.29, 0.717) is 6.42 Å². The molecular weight excluding hydrogens is 488 g/mol. The van der Waals surface area contributed by atoms with E-state index in [4.69, 9.17) is 16.0 Å². The summed E-state index contributed by atoms with van der Waals surface area (Å²) >= 11 is 0. The second kappa shape index (κ2) is 13.1. The number of nitrogens with zero attached hydrogens (tertiary/aromatic N) is 2. The molecule has 35 heavy (non-hydrogen) atoms. The van der Waals surface area contributed by atoms with Crippen LogP contribution in [0.15, 0.2) is 4.99 Å². The summed E-state index contributed by atoms with van der Waals surface area (Å²) in [5.74, 6) is -4.03. The number of hydrogen-bond donors (Lipinski definition) is 8. The highest BCUT2D eigenvalue weighted by molar-refractivity contribution is 7.85. The van der Waals surface area contributed by atoms with Gasteiger partial charge in [-0.25, -0.2) is 4.79 Å². The number of likely N-dealkylation sites (N-methyl/N-ethyl adjacent to an activating group) is 1. The molecule has 0 aliphatic carbocycles. The van der Waals surface area contributed by atoms with Crippen LogP contribution in [0.4, 0.5) is 4.79 Å². The topological polar surface area (TPSA) is 259 Å². The second-order valence-corrected chi connectivity index (χ2v) is 9.84. The Morgan fingerprint density at radius 3 is 2.31 bits per heavy atom. The van der Waals surface area contributed by atoms with Crippen molar-refractivity contribution in [3.63, 3.8) is 0 Å². The molecule has 0 aromatic carbocycles. The Balaban J connectivity index is 3.27. The summed E-state index contributed by atoms with van der Waals surface area (Å²) in [5.41, 5.74) is 10.6. The van der Waals surface area contributed by atoms with Gasteiger partial charge in [-0.15, -0.1) is 0 Å². The van der Waals surface area contributed by atoms with Crippen molar-refractivity contribution in [2.75, 3.05) is 25.9 Å². The molecule has 4 unspecified atom stereocenters. The van der Waals surface area contributed by atoms with E-state index in [9.17, 15) is 32.7 Å². The molecule has 0 radical (unpaired) electrons. The highest BCUT2D eigenvalue weighted by Crippen LogP contribution is 2.12. The third-order valence-electron chi connectivity index (χ3n) is 5.03. The zero-order chi connectivity index (χ0) is 26.9. The molecular formula is C18H34N8O8S. The van der Waals surface area contributed by atoms with Crippen LogP contribution in [0.1, 0.15) is 26.7 Å². The lowest BCUT2D eigenvalue weighted by atomic mass is 10.0. The fourth-order valence-corrected chi connectivity index (χ4v) is 4.12. The van der Waals surface area contributed by atoms with E-state index >= 15 is 0 Å². The van der Waals surface area contributed by atoms with Crippen molar-refractivity contribution in [2.24, 2.45) is 22.4 Å². The van der Waals surface area contributed by atoms with Crippen LogP contribution < -0.4 is 32.7 Å². The summed E-state index contributed by atoms with van der Waals surface area (Å²) in [6, 6.07) is -4.82. The van der Waals surface area contributed by atoms with E-state index in [0.717, 1.165) is 4.90 Å². The van der Waals surface area contributed by atoms with Crippen molar-refractivity contribution in [1.29, 1.82) is 0 Å². The second-order valence-electron chi connectivity index (χ2n) is 8.34. The Morgan fingerprint density at radius 2 is 1.77 bits per heavy atom. The van der Waals surface area contributed by atoms with Gasteiger partial charge in [-0.05, 0) is 18.8 Å². The Hall–Kier alpha value is -3.18. The standard InChI is InChI=1S/C18H34N8O8S/c1-9(2)13-16(30)24-10(5-4-6-21-17(19)20)14(28)22-7-12(27)23-11(8-35(32,33)34)15(29)25-18(31)26(13)3/h9-11,13,15,29H,4-8H2,1-3H3,(H,22,28)(H,23,27)(H,24,30)(H,25,31)(H4,19,20,21)(H,32,33,34). The van der Waals surface area contributed by atoms with Crippen molar-refractivity contribution >= 4 is 39.8 Å². The van der Waals surface area contributed by atoms with Crippen LogP contribution in [-0.2, 0) is 24.5 Å². The number of urea groups is 1. The molecule has 1 rings (SSSR count). The van der Waals surface area contributed by atoms with Crippen LogP contribution in [-0.4, -0.2) is 103 Å². The molecule has 1 aliphatic heterocycles. The molecule has 1 saturated heterocycles. The first-order valence-electron chi connectivity index (χ1n) is 10.7. The number of aliphatic imine (C=N–C) groups is 1. The summed E-state index contributed by atoms with van der Waals surface area (Å²) in [6.45, 7) is 2.84. The highest BCUT2D eigenvalue weighted by Gasteiger charge is 2.35. The maximum Gasteiger partial charge on any atom is 0.319 e. The average Bonchev–Trinajstić information content (AvgIpc) is 2.71. The van der Waals surface area contributed by atoms with Gasteiger partial charge in [0, 0.05) is 13.6 Å². The molecule has 1 fully saturated rings. The molecule has 200 valence electrons. The van der Waals surface area contributed by atoms with Crippen LogP contribution in [0.2, 0.25) is 0 Å². The smallest absolute Gasteiger partial charge is 0.319 e. The van der Waals surface area contributed by atoms with Crippen LogP contribution in [0.5, 0.6) is 0 Å². The summed E-state index contributed by atoms with van der Waals surface area (Å²) in [5, 5.41) is 19.5. The molecule has 10 N–H and O–H groups in total. The Bertz CT molecular complexity index is 921. The van der Waals surface area contributed by atoms with Crippen molar-refractivity contribution in [1.82, 2.24) is 26.2 Å². The minimum Gasteiger partial charge on any atom is -0.371 e. The first-order valence-corrected chi connectivity index (χ1v) is 12.3. The highest BCUT2D eigenvalue weighted by atomic mass is 32.2. The molecule has 1 aliphatic rings. The molecule has 0 spiro atoms. The number of rotatable bonds is 7. The van der Waals surface area contributed by atoms with Crippen LogP contribution >= 0.6 is 0 Å². The molecule has 1 heterocycles. The summed E-state index contributed by atoms with van der Waals surface area (Å²) in [4.78, 5) is 55.5. The van der Waals surface area contributed by atoms with Crippen LogP contribution in [0.25, 0.3) is 0 Å². The van der Waals surface area contributed by atoms with Crippen molar-refractivity contribution < 1.29 is 37.3 Å². The van der Waals surface area contributed by atoms with Gasteiger partial charge in [0.2, 0.25) is 17.7 Å². The van der Waals surface area contributed by atoms with Gasteiger partial charge in [0.1, 0.15) is 24.1 Å². The molecule has 17 heteroatoms. The number of aliphatic hydroxyl groups is 1. The van der Waals surface area contributed by atoms with Gasteiger partial charge >= 0.3 is 6.03 Å². The van der Waals surface area contributed by atoms with Gasteiger partial charge in [0.25, 0.3) is 10.1 Å². The fraction of sp³-hybridized carbons (Fsp3) is 0.722. The van der Waals surface area contributed by atoms with E-state index in [-0.39, 0.29) is 18.9 Å². The number of nitrogens with one attached hydrogen (secondary N) is 4. The largest absolute Gasteiger partial charge is 0.371 e. The Kier molecular flexibility index (Phi) is 11.1. The third-order valence-corrected chi connectivity index (χ3v) is 5.81. The third kappa shape index (κ3) is 10.3. The Morgan fingerprint density at radius 1 is 1.14 bits per heavy atom. The first-order chi connectivity index (χ1) is 16.1. The normalized spacial score (nSPS) is 25.1. The fourth-order valence-electron chi connectivity index (χ4n) is 3.40. The van der Waals surface area contributed by atoms with Gasteiger partial charge in [-0.1, -0.05) is 13.8 Å². The predicted molar refractivity (Wildman–Crippen MR) is 124 cm³/mol. The molecule has 4 atom stereocenters. The summed E-state index contributed by atoms with van der Waals surface area (Å²) < 4.78 is 31.8. The monoisotopic (exact) mass is 522 g/mol. The van der Waals surface area contributed by atoms with Crippen LogP contribution in [0, 0.1) is 5.92 Å². The zero-order valence-electron chi connectivity index (χ0n) is 19.7. The predicted octanol–water partition coefficient (Wildman–Crippen LogP) is -3.99. The number of nitrogens with two attached hydrogens (primary N) is 2. The maximum absolute atomic E-state index is 13.0. The Labute approximate surface area is 203 Å². The molecule has 5 amide bonds. The number of carbonyl (C=O) groups is 4. The van der Waals surface area contributed by atoms with Gasteiger partial charge < -0.3 is 42.7 Å². The molecule has 0 bridgehead atoms. The lowest BCUT2D eigenvalue weighted by molar-refractivity contribution is -0.133. The van der Waals surface area contributed by atoms with Crippen molar-refractivity contribution in [3.8, 4) is 0 Å². The first kappa shape index (κ1) is 29.9. The van der Waals surface area contributed by atoms with Gasteiger partial charge in [-0.2, -0.15) is 8.42 Å². The van der Waals surface area contributed by atoms with Crippen molar-refractivity contribution in [2.45, 2.75) is 51.0 Å². The lowest BCUT2D eigenvalue weighted by Gasteiger charge is -2.33. The van der Waals surface area contributed by atoms with Gasteiger partial charge in [0.15, 0.2) is 5.96 Å². The minimum atomic E-state index is -4.68. The molecule has 0 aromatic heterocycles. The number of carbonyl (C=O) groups excluding carboxylic acids is 4. The SMILES string of the molecule is CC(C)C1C(=O)NC(CCCN=C(N)N)C(=O)NCC(=O)NC(CS(=O)(=O)O)C(O)NC(=O)N1C. The maximum atomic E-state index is 13.0. The van der Waals surface area contributed by atoms with E-state index < -0.39 is 76.4 Å².